The molecule has 1 aromatic carbocycles. The highest BCUT2D eigenvalue weighted by atomic mass is 32.1. The van der Waals surface area contributed by atoms with Crippen LogP contribution in [0.1, 0.15) is 47.1 Å². The van der Waals surface area contributed by atoms with E-state index in [-0.39, 0.29) is 17.2 Å². The largest absolute Gasteiger partial charge is 0.487 e. The summed E-state index contributed by atoms with van der Waals surface area (Å²) in [6.07, 6.45) is 3.68. The highest BCUT2D eigenvalue weighted by Gasteiger charge is 2.34. The molecule has 6 nitrogen and oxygen atoms in total. The minimum absolute atomic E-state index is 0.0436. The standard InChI is InChI=1S/C19H19N3O3S/c1-11-10-22-17(24)13(9-20-18(22)26-11)16(23)21-14-8-19(2,3)25-15-7-5-4-6-12(14)15/h4-7,9-10,14H,8H2,1-3H3,(H,21,23). The quantitative estimate of drug-likeness (QED) is 0.753. The van der Waals surface area contributed by atoms with E-state index in [0.717, 1.165) is 16.2 Å². The lowest BCUT2D eigenvalue weighted by Gasteiger charge is -2.37. The third-order valence-electron chi connectivity index (χ3n) is 4.45. The number of fused-ring (bicyclic) bond motifs is 2. The predicted octanol–water partition coefficient (Wildman–Crippen LogP) is 3.10. The molecule has 0 aliphatic carbocycles. The van der Waals surface area contributed by atoms with E-state index >= 15 is 0 Å². The van der Waals surface area contributed by atoms with Crippen LogP contribution in [-0.2, 0) is 0 Å². The zero-order chi connectivity index (χ0) is 18.5. The normalized spacial score (nSPS) is 18.2. The van der Waals surface area contributed by atoms with Crippen molar-refractivity contribution in [2.75, 3.05) is 0 Å². The van der Waals surface area contributed by atoms with Crippen molar-refractivity contribution in [3.05, 3.63) is 63.0 Å². The number of nitrogens with one attached hydrogen (secondary N) is 1. The first-order valence-corrected chi connectivity index (χ1v) is 9.22. The summed E-state index contributed by atoms with van der Waals surface area (Å²) in [6, 6.07) is 7.42. The molecule has 0 bridgehead atoms. The van der Waals surface area contributed by atoms with Gasteiger partial charge in [-0.25, -0.2) is 4.98 Å². The second-order valence-electron chi connectivity index (χ2n) is 7.10. The Bertz CT molecular complexity index is 1070. The number of rotatable bonds is 2. The van der Waals surface area contributed by atoms with Crippen LogP contribution in [0.3, 0.4) is 0 Å². The molecular formula is C19H19N3O3S. The molecule has 1 amide bonds. The lowest BCUT2D eigenvalue weighted by atomic mass is 9.89. The number of carbonyl (C=O) groups is 1. The minimum atomic E-state index is -0.418. The van der Waals surface area contributed by atoms with Crippen LogP contribution in [-0.4, -0.2) is 20.9 Å². The Labute approximate surface area is 154 Å². The summed E-state index contributed by atoms with van der Waals surface area (Å²) in [5, 5.41) is 2.99. The molecule has 1 unspecified atom stereocenters. The van der Waals surface area contributed by atoms with E-state index in [1.165, 1.54) is 21.9 Å². The van der Waals surface area contributed by atoms with Gasteiger partial charge in [-0.1, -0.05) is 18.2 Å². The molecule has 0 radical (unpaired) electrons. The van der Waals surface area contributed by atoms with Crippen molar-refractivity contribution in [3.8, 4) is 5.75 Å². The molecule has 1 N–H and O–H groups in total. The molecule has 0 fully saturated rings. The molecule has 2 aromatic heterocycles. The first-order chi connectivity index (χ1) is 12.3. The van der Waals surface area contributed by atoms with Crippen molar-refractivity contribution in [3.63, 3.8) is 0 Å². The molecule has 26 heavy (non-hydrogen) atoms. The number of hydrogen-bond donors (Lipinski definition) is 1. The Balaban J connectivity index is 1.68. The van der Waals surface area contributed by atoms with Crippen LogP contribution in [0.25, 0.3) is 4.96 Å². The number of aryl methyl sites for hydroxylation is 1. The third-order valence-corrected chi connectivity index (χ3v) is 5.36. The fourth-order valence-electron chi connectivity index (χ4n) is 3.32. The van der Waals surface area contributed by atoms with Gasteiger partial charge in [-0.15, -0.1) is 11.3 Å². The summed E-state index contributed by atoms with van der Waals surface area (Å²) in [5.74, 6) is 0.339. The number of para-hydroxylation sites is 1. The summed E-state index contributed by atoms with van der Waals surface area (Å²) in [5.41, 5.74) is 0.202. The van der Waals surface area contributed by atoms with Crippen molar-refractivity contribution in [1.29, 1.82) is 0 Å². The van der Waals surface area contributed by atoms with Crippen molar-refractivity contribution in [2.24, 2.45) is 0 Å². The summed E-state index contributed by atoms with van der Waals surface area (Å²) in [6.45, 7) is 5.87. The van der Waals surface area contributed by atoms with Gasteiger partial charge in [-0.3, -0.25) is 14.0 Å². The lowest BCUT2D eigenvalue weighted by molar-refractivity contribution is 0.0619. The molecule has 7 heteroatoms. The Hall–Kier alpha value is -2.67. The minimum Gasteiger partial charge on any atom is -0.487 e. The summed E-state index contributed by atoms with van der Waals surface area (Å²) in [4.78, 5) is 31.2. The molecule has 1 atom stereocenters. The first kappa shape index (κ1) is 16.8. The molecule has 134 valence electrons. The van der Waals surface area contributed by atoms with Gasteiger partial charge in [0.25, 0.3) is 11.5 Å². The Kier molecular flexibility index (Phi) is 3.84. The number of amides is 1. The van der Waals surface area contributed by atoms with Crippen molar-refractivity contribution in [1.82, 2.24) is 14.7 Å². The fraction of sp³-hybridized carbons (Fsp3) is 0.316. The number of ether oxygens (including phenoxy) is 1. The van der Waals surface area contributed by atoms with E-state index in [0.29, 0.717) is 11.4 Å². The molecule has 1 aliphatic heterocycles. The van der Waals surface area contributed by atoms with Gasteiger partial charge in [0.05, 0.1) is 6.04 Å². The van der Waals surface area contributed by atoms with Gasteiger partial charge < -0.3 is 10.1 Å². The Morgan fingerprint density at radius 2 is 2.15 bits per heavy atom. The van der Waals surface area contributed by atoms with Gasteiger partial charge in [0.1, 0.15) is 16.9 Å². The van der Waals surface area contributed by atoms with E-state index < -0.39 is 11.5 Å². The average Bonchev–Trinajstić information content (AvgIpc) is 2.95. The van der Waals surface area contributed by atoms with E-state index in [1.54, 1.807) is 6.20 Å². The van der Waals surface area contributed by atoms with Gasteiger partial charge in [0, 0.05) is 29.3 Å². The van der Waals surface area contributed by atoms with E-state index in [2.05, 4.69) is 10.3 Å². The van der Waals surface area contributed by atoms with Crippen molar-refractivity contribution >= 4 is 22.2 Å². The van der Waals surface area contributed by atoms with Crippen LogP contribution < -0.4 is 15.6 Å². The van der Waals surface area contributed by atoms with Crippen molar-refractivity contribution < 1.29 is 9.53 Å². The van der Waals surface area contributed by atoms with E-state index in [4.69, 9.17) is 4.74 Å². The predicted molar refractivity (Wildman–Crippen MR) is 100 cm³/mol. The molecule has 0 saturated carbocycles. The van der Waals surface area contributed by atoms with Crippen LogP contribution >= 0.6 is 11.3 Å². The van der Waals surface area contributed by atoms with Crippen LogP contribution in [0.5, 0.6) is 5.75 Å². The number of thiazole rings is 1. The van der Waals surface area contributed by atoms with Gasteiger partial charge in [-0.2, -0.15) is 0 Å². The highest BCUT2D eigenvalue weighted by molar-refractivity contribution is 7.16. The first-order valence-electron chi connectivity index (χ1n) is 8.41. The van der Waals surface area contributed by atoms with Crippen LogP contribution in [0.4, 0.5) is 0 Å². The smallest absolute Gasteiger partial charge is 0.271 e. The number of hydrogen-bond acceptors (Lipinski definition) is 5. The van der Waals surface area contributed by atoms with E-state index in [9.17, 15) is 9.59 Å². The maximum Gasteiger partial charge on any atom is 0.271 e. The third kappa shape index (κ3) is 2.88. The van der Waals surface area contributed by atoms with Gasteiger partial charge in [0.2, 0.25) is 0 Å². The number of benzene rings is 1. The summed E-state index contributed by atoms with van der Waals surface area (Å²) >= 11 is 1.42. The van der Waals surface area contributed by atoms with Gasteiger partial charge >= 0.3 is 0 Å². The second kappa shape index (κ2) is 5.95. The van der Waals surface area contributed by atoms with Gasteiger partial charge in [-0.05, 0) is 26.8 Å². The highest BCUT2D eigenvalue weighted by Crippen LogP contribution is 2.39. The number of nitrogens with zero attached hydrogens (tertiary/aromatic N) is 2. The number of carbonyl (C=O) groups excluding carboxylic acids is 1. The zero-order valence-corrected chi connectivity index (χ0v) is 15.6. The van der Waals surface area contributed by atoms with Crippen molar-refractivity contribution in [2.45, 2.75) is 38.8 Å². The summed E-state index contributed by atoms with van der Waals surface area (Å²) < 4.78 is 7.42. The fourth-order valence-corrected chi connectivity index (χ4v) is 4.10. The molecule has 0 saturated heterocycles. The van der Waals surface area contributed by atoms with Gasteiger partial charge in [0.15, 0.2) is 4.96 Å². The molecule has 0 spiro atoms. The Morgan fingerprint density at radius 1 is 1.38 bits per heavy atom. The molecule has 3 aromatic rings. The Morgan fingerprint density at radius 3 is 2.96 bits per heavy atom. The second-order valence-corrected chi connectivity index (χ2v) is 8.31. The summed E-state index contributed by atoms with van der Waals surface area (Å²) in [7, 11) is 0. The molecule has 3 heterocycles. The molecular weight excluding hydrogens is 350 g/mol. The monoisotopic (exact) mass is 369 g/mol. The van der Waals surface area contributed by atoms with E-state index in [1.807, 2.05) is 45.0 Å². The van der Waals surface area contributed by atoms with Crippen LogP contribution in [0, 0.1) is 6.92 Å². The SMILES string of the molecule is Cc1cn2c(=O)c(C(=O)NC3CC(C)(C)Oc4ccccc43)cnc2s1. The average molecular weight is 369 g/mol. The lowest BCUT2D eigenvalue weighted by Crippen LogP contribution is -2.42. The maximum atomic E-state index is 12.8. The van der Waals surface area contributed by atoms with Crippen LogP contribution in [0.15, 0.2) is 41.5 Å². The topological polar surface area (TPSA) is 72.7 Å². The molecule has 4 rings (SSSR count). The maximum absolute atomic E-state index is 12.8. The molecule has 1 aliphatic rings. The number of aromatic nitrogens is 2. The zero-order valence-electron chi connectivity index (χ0n) is 14.8. The van der Waals surface area contributed by atoms with Crippen LogP contribution in [0.2, 0.25) is 0 Å².